The highest BCUT2D eigenvalue weighted by Gasteiger charge is 2.28. The minimum Gasteiger partial charge on any atom is -0.449 e. The second kappa shape index (κ2) is 9.97. The molecule has 166 valence electrons. The Morgan fingerprint density at radius 3 is 2.52 bits per heavy atom. The number of amides is 1. The van der Waals surface area contributed by atoms with Crippen LogP contribution < -0.4 is 5.32 Å². The highest BCUT2D eigenvalue weighted by molar-refractivity contribution is 7.89. The minimum atomic E-state index is -3.83. The first-order valence-corrected chi connectivity index (χ1v) is 11.5. The van der Waals surface area contributed by atoms with Crippen molar-refractivity contribution in [1.29, 1.82) is 0 Å². The van der Waals surface area contributed by atoms with Crippen molar-refractivity contribution in [3.8, 4) is 0 Å². The van der Waals surface area contributed by atoms with Crippen LogP contribution in [0.3, 0.4) is 0 Å². The van der Waals surface area contributed by atoms with E-state index in [0.29, 0.717) is 23.9 Å². The van der Waals surface area contributed by atoms with E-state index >= 15 is 0 Å². The molecule has 2 aromatic rings. The molecule has 1 aliphatic heterocycles. The molecule has 3 rings (SSSR count). The third-order valence-corrected chi connectivity index (χ3v) is 6.97. The van der Waals surface area contributed by atoms with Gasteiger partial charge in [-0.1, -0.05) is 29.3 Å². The monoisotopic (exact) mass is 486 g/mol. The van der Waals surface area contributed by atoms with Gasteiger partial charge in [-0.2, -0.15) is 4.31 Å². The molecular formula is C20H20Cl2N2O6S. The summed E-state index contributed by atoms with van der Waals surface area (Å²) in [5, 5.41) is 3.03. The first kappa shape index (κ1) is 23.5. The van der Waals surface area contributed by atoms with Gasteiger partial charge in [0, 0.05) is 23.8 Å². The van der Waals surface area contributed by atoms with E-state index in [1.165, 1.54) is 23.4 Å². The van der Waals surface area contributed by atoms with Crippen molar-refractivity contribution in [3.63, 3.8) is 0 Å². The van der Waals surface area contributed by atoms with Gasteiger partial charge in [0.15, 0.2) is 6.10 Å². The standard InChI is InChI=1S/C20H20Cl2N2O6S/c1-13(19(25)23-15-4-2-3-14(21)11-15)30-20(26)17-12-16(5-6-18(17)22)31(27,28)24-7-9-29-10-8-24/h2-6,11-13H,7-10H2,1H3,(H,23,25)/t13-/m0/s1. The Morgan fingerprint density at radius 1 is 1.13 bits per heavy atom. The summed E-state index contributed by atoms with van der Waals surface area (Å²) in [5.41, 5.74) is 0.287. The number of carbonyl (C=O) groups excluding carboxylic acids is 2. The summed E-state index contributed by atoms with van der Waals surface area (Å²) < 4.78 is 37.3. The summed E-state index contributed by atoms with van der Waals surface area (Å²) in [7, 11) is -3.83. The molecule has 11 heteroatoms. The van der Waals surface area contributed by atoms with Crippen LogP contribution >= 0.6 is 23.2 Å². The van der Waals surface area contributed by atoms with Gasteiger partial charge in [0.05, 0.1) is 28.7 Å². The van der Waals surface area contributed by atoms with Crippen LogP contribution in [-0.2, 0) is 24.3 Å². The van der Waals surface area contributed by atoms with Gasteiger partial charge < -0.3 is 14.8 Å². The van der Waals surface area contributed by atoms with Crippen LogP contribution in [-0.4, -0.2) is 57.0 Å². The number of anilines is 1. The maximum absolute atomic E-state index is 12.8. The van der Waals surface area contributed by atoms with E-state index in [1.807, 2.05) is 0 Å². The number of halogens is 2. The SMILES string of the molecule is C[C@H](OC(=O)c1cc(S(=O)(=O)N2CCOCC2)ccc1Cl)C(=O)Nc1cccc(Cl)c1. The normalized spacial score (nSPS) is 15.8. The molecule has 0 aromatic heterocycles. The van der Waals surface area contributed by atoms with Crippen LogP contribution in [0.15, 0.2) is 47.4 Å². The molecule has 1 N–H and O–H groups in total. The number of morpholine rings is 1. The number of esters is 1. The highest BCUT2D eigenvalue weighted by Crippen LogP contribution is 2.25. The fourth-order valence-corrected chi connectivity index (χ4v) is 4.66. The van der Waals surface area contributed by atoms with E-state index in [1.54, 1.807) is 24.3 Å². The van der Waals surface area contributed by atoms with Gasteiger partial charge in [-0.05, 0) is 43.3 Å². The van der Waals surface area contributed by atoms with E-state index in [0.717, 1.165) is 6.07 Å². The zero-order valence-corrected chi connectivity index (χ0v) is 18.8. The van der Waals surface area contributed by atoms with E-state index in [9.17, 15) is 18.0 Å². The molecule has 0 spiro atoms. The van der Waals surface area contributed by atoms with Crippen LogP contribution in [0.2, 0.25) is 10.0 Å². The molecule has 0 radical (unpaired) electrons. The molecular weight excluding hydrogens is 467 g/mol. The van der Waals surface area contributed by atoms with E-state index in [-0.39, 0.29) is 28.6 Å². The third-order valence-electron chi connectivity index (χ3n) is 4.51. The average molecular weight is 487 g/mol. The lowest BCUT2D eigenvalue weighted by atomic mass is 10.2. The second-order valence-corrected chi connectivity index (χ2v) is 9.49. The third kappa shape index (κ3) is 5.75. The summed E-state index contributed by atoms with van der Waals surface area (Å²) in [4.78, 5) is 24.8. The largest absolute Gasteiger partial charge is 0.449 e. The number of hydrogen-bond donors (Lipinski definition) is 1. The number of hydrogen-bond acceptors (Lipinski definition) is 6. The summed E-state index contributed by atoms with van der Waals surface area (Å²) in [6.45, 7) is 2.40. The molecule has 1 fully saturated rings. The van der Waals surface area contributed by atoms with Crippen molar-refractivity contribution in [3.05, 3.63) is 58.1 Å². The molecule has 0 unspecified atom stereocenters. The molecule has 1 amide bonds. The smallest absolute Gasteiger partial charge is 0.340 e. The molecule has 31 heavy (non-hydrogen) atoms. The molecule has 0 bridgehead atoms. The maximum Gasteiger partial charge on any atom is 0.340 e. The van der Waals surface area contributed by atoms with Crippen molar-refractivity contribution < 1.29 is 27.5 Å². The number of nitrogens with zero attached hydrogens (tertiary/aromatic N) is 1. The molecule has 1 heterocycles. The summed E-state index contributed by atoms with van der Waals surface area (Å²) >= 11 is 12.0. The average Bonchev–Trinajstić information content (AvgIpc) is 2.74. The number of sulfonamides is 1. The Bertz CT molecular complexity index is 1090. The molecule has 1 saturated heterocycles. The van der Waals surface area contributed by atoms with Crippen LogP contribution in [0.1, 0.15) is 17.3 Å². The number of benzene rings is 2. The van der Waals surface area contributed by atoms with Gasteiger partial charge in [-0.3, -0.25) is 4.79 Å². The molecule has 2 aromatic carbocycles. The van der Waals surface area contributed by atoms with Crippen LogP contribution in [0.25, 0.3) is 0 Å². The van der Waals surface area contributed by atoms with Crippen molar-refractivity contribution in [2.24, 2.45) is 0 Å². The van der Waals surface area contributed by atoms with Crippen LogP contribution in [0.4, 0.5) is 5.69 Å². The number of rotatable bonds is 6. The van der Waals surface area contributed by atoms with Gasteiger partial charge in [0.25, 0.3) is 5.91 Å². The first-order valence-electron chi connectivity index (χ1n) is 9.33. The summed E-state index contributed by atoms with van der Waals surface area (Å²) in [6.07, 6.45) is -1.16. The Kier molecular flexibility index (Phi) is 7.55. The van der Waals surface area contributed by atoms with E-state index in [2.05, 4.69) is 5.32 Å². The Labute approximate surface area is 190 Å². The topological polar surface area (TPSA) is 102 Å². The molecule has 0 saturated carbocycles. The Morgan fingerprint density at radius 2 is 1.84 bits per heavy atom. The number of carbonyl (C=O) groups is 2. The minimum absolute atomic E-state index is 0.00776. The predicted octanol–water partition coefficient (Wildman–Crippen LogP) is 3.20. The number of nitrogens with one attached hydrogen (secondary N) is 1. The zero-order chi connectivity index (χ0) is 22.6. The fraction of sp³-hybridized carbons (Fsp3) is 0.300. The molecule has 8 nitrogen and oxygen atoms in total. The van der Waals surface area contributed by atoms with Gasteiger partial charge in [-0.15, -0.1) is 0 Å². The van der Waals surface area contributed by atoms with Crippen molar-refractivity contribution >= 4 is 50.8 Å². The quantitative estimate of drug-likeness (QED) is 0.628. The number of ether oxygens (including phenoxy) is 2. The predicted molar refractivity (Wildman–Crippen MR) is 116 cm³/mol. The van der Waals surface area contributed by atoms with Crippen molar-refractivity contribution in [2.45, 2.75) is 17.9 Å². The van der Waals surface area contributed by atoms with Crippen molar-refractivity contribution in [2.75, 3.05) is 31.6 Å². The fourth-order valence-electron chi connectivity index (χ4n) is 2.84. The highest BCUT2D eigenvalue weighted by atomic mass is 35.5. The molecule has 1 aliphatic rings. The Balaban J connectivity index is 1.73. The Hall–Kier alpha value is -2.17. The molecule has 1 atom stereocenters. The lowest BCUT2D eigenvalue weighted by molar-refractivity contribution is -0.123. The van der Waals surface area contributed by atoms with Gasteiger partial charge in [0.1, 0.15) is 0 Å². The van der Waals surface area contributed by atoms with E-state index < -0.39 is 28.0 Å². The first-order chi connectivity index (χ1) is 14.7. The summed E-state index contributed by atoms with van der Waals surface area (Å²) in [6, 6.07) is 10.3. The lowest BCUT2D eigenvalue weighted by Gasteiger charge is -2.26. The van der Waals surface area contributed by atoms with Crippen LogP contribution in [0, 0.1) is 0 Å². The van der Waals surface area contributed by atoms with Crippen LogP contribution in [0.5, 0.6) is 0 Å². The maximum atomic E-state index is 12.8. The van der Waals surface area contributed by atoms with Crippen molar-refractivity contribution in [1.82, 2.24) is 4.31 Å². The van der Waals surface area contributed by atoms with E-state index in [4.69, 9.17) is 32.7 Å². The zero-order valence-electron chi connectivity index (χ0n) is 16.5. The lowest BCUT2D eigenvalue weighted by Crippen LogP contribution is -2.40. The molecule has 0 aliphatic carbocycles. The van der Waals surface area contributed by atoms with Gasteiger partial charge >= 0.3 is 5.97 Å². The second-order valence-electron chi connectivity index (χ2n) is 6.71. The summed E-state index contributed by atoms with van der Waals surface area (Å²) in [5.74, 6) is -1.50. The van der Waals surface area contributed by atoms with Gasteiger partial charge in [0.2, 0.25) is 10.0 Å². The van der Waals surface area contributed by atoms with Gasteiger partial charge in [-0.25, -0.2) is 13.2 Å².